The van der Waals surface area contributed by atoms with E-state index >= 15 is 0 Å². The van der Waals surface area contributed by atoms with Gasteiger partial charge in [0, 0.05) is 6.42 Å². The zero-order valence-corrected chi connectivity index (χ0v) is 14.4. The van der Waals surface area contributed by atoms with Crippen LogP contribution < -0.4 is 4.74 Å². The van der Waals surface area contributed by atoms with E-state index in [9.17, 15) is 9.59 Å². The Morgan fingerprint density at radius 2 is 1.88 bits per heavy atom. The van der Waals surface area contributed by atoms with E-state index in [1.54, 1.807) is 0 Å². The highest BCUT2D eigenvalue weighted by Gasteiger charge is 2.47. The van der Waals surface area contributed by atoms with Gasteiger partial charge in [-0.25, -0.2) is 0 Å². The van der Waals surface area contributed by atoms with Gasteiger partial charge in [0.05, 0.1) is 6.61 Å². The molecular weight excluding hydrogens is 304 g/mol. The minimum atomic E-state index is -0.582. The highest BCUT2D eigenvalue weighted by Crippen LogP contribution is 2.43. The van der Waals surface area contributed by atoms with E-state index in [4.69, 9.17) is 9.47 Å². The number of esters is 1. The smallest absolute Gasteiger partial charge is 0.313 e. The first-order valence-corrected chi connectivity index (χ1v) is 9.06. The third-order valence-corrected chi connectivity index (χ3v) is 5.33. The molecule has 1 saturated carbocycles. The van der Waals surface area contributed by atoms with Gasteiger partial charge in [0.15, 0.2) is 0 Å². The van der Waals surface area contributed by atoms with Crippen LogP contribution in [0.3, 0.4) is 0 Å². The fourth-order valence-corrected chi connectivity index (χ4v) is 4.15. The average molecular weight is 330 g/mol. The molecule has 3 rings (SSSR count). The Kier molecular flexibility index (Phi) is 5.22. The molecule has 0 amide bonds. The summed E-state index contributed by atoms with van der Waals surface area (Å²) in [6, 6.07) is 8.05. The Morgan fingerprint density at radius 3 is 2.50 bits per heavy atom. The molecule has 0 aromatic heterocycles. The van der Waals surface area contributed by atoms with Crippen LogP contribution in [0.4, 0.5) is 0 Å². The molecule has 0 radical (unpaired) electrons. The van der Waals surface area contributed by atoms with E-state index < -0.39 is 5.60 Å². The van der Waals surface area contributed by atoms with Crippen LogP contribution in [-0.2, 0) is 20.7 Å². The zero-order chi connectivity index (χ0) is 17.0. The maximum absolute atomic E-state index is 12.1. The van der Waals surface area contributed by atoms with Crippen LogP contribution in [0, 0.1) is 5.92 Å². The van der Waals surface area contributed by atoms with E-state index in [2.05, 4.69) is 12.1 Å². The lowest BCUT2D eigenvalue weighted by Crippen LogP contribution is -2.48. The monoisotopic (exact) mass is 330 g/mol. The summed E-state index contributed by atoms with van der Waals surface area (Å²) in [4.78, 5) is 24.0. The van der Waals surface area contributed by atoms with E-state index in [-0.39, 0.29) is 18.2 Å². The third-order valence-electron chi connectivity index (χ3n) is 5.33. The molecule has 1 aromatic carbocycles. The third kappa shape index (κ3) is 3.80. The molecule has 0 spiro atoms. The molecule has 0 bridgehead atoms. The van der Waals surface area contributed by atoms with Gasteiger partial charge in [-0.3, -0.25) is 9.59 Å². The number of carbonyl (C=O) groups is 2. The van der Waals surface area contributed by atoms with Crippen molar-refractivity contribution in [1.82, 2.24) is 0 Å². The molecule has 1 atom stereocenters. The number of hydrogen-bond acceptors (Lipinski definition) is 4. The largest absolute Gasteiger partial charge is 0.494 e. The first kappa shape index (κ1) is 17.0. The summed E-state index contributed by atoms with van der Waals surface area (Å²) in [6.45, 7) is 2.62. The molecule has 4 heteroatoms. The quantitative estimate of drug-likeness (QED) is 0.587. The number of ether oxygens (including phenoxy) is 2. The topological polar surface area (TPSA) is 52.6 Å². The van der Waals surface area contributed by atoms with Gasteiger partial charge >= 0.3 is 5.97 Å². The molecule has 1 aliphatic heterocycles. The van der Waals surface area contributed by atoms with Crippen LogP contribution in [0.15, 0.2) is 24.3 Å². The van der Waals surface area contributed by atoms with Gasteiger partial charge in [0.2, 0.25) is 0 Å². The van der Waals surface area contributed by atoms with Crippen molar-refractivity contribution in [2.45, 2.75) is 63.9 Å². The highest BCUT2D eigenvalue weighted by molar-refractivity contribution is 5.98. The maximum atomic E-state index is 12.1. The summed E-state index contributed by atoms with van der Waals surface area (Å²) in [6.07, 6.45) is 6.32. The Hall–Kier alpha value is -1.84. The summed E-state index contributed by atoms with van der Waals surface area (Å²) < 4.78 is 11.3. The Labute approximate surface area is 143 Å². The van der Waals surface area contributed by atoms with Gasteiger partial charge in [-0.15, -0.1) is 0 Å². The van der Waals surface area contributed by atoms with E-state index in [1.807, 2.05) is 19.1 Å². The van der Waals surface area contributed by atoms with E-state index in [0.717, 1.165) is 31.4 Å². The normalized spacial score (nSPS) is 24.9. The maximum Gasteiger partial charge on any atom is 0.313 e. The lowest BCUT2D eigenvalue weighted by atomic mass is 9.76. The van der Waals surface area contributed by atoms with Gasteiger partial charge in [-0.2, -0.15) is 0 Å². The predicted octanol–water partition coefficient (Wildman–Crippen LogP) is 3.85. The summed E-state index contributed by atoms with van der Waals surface area (Å²) >= 11 is 0. The minimum absolute atomic E-state index is 0.0323. The van der Waals surface area contributed by atoms with Crippen molar-refractivity contribution in [3.63, 3.8) is 0 Å². The average Bonchev–Trinajstić information content (AvgIpc) is 3.09. The first-order valence-electron chi connectivity index (χ1n) is 9.06. The minimum Gasteiger partial charge on any atom is -0.494 e. The summed E-state index contributed by atoms with van der Waals surface area (Å²) in [5.41, 5.74) is 0.603. The van der Waals surface area contributed by atoms with Crippen molar-refractivity contribution in [1.29, 1.82) is 0 Å². The van der Waals surface area contributed by atoms with Crippen LogP contribution in [0.5, 0.6) is 5.75 Å². The molecule has 1 heterocycles. The number of ketones is 1. The van der Waals surface area contributed by atoms with Crippen molar-refractivity contribution in [2.24, 2.45) is 5.92 Å². The number of hydrogen-bond donors (Lipinski definition) is 0. The molecule has 1 unspecified atom stereocenters. The van der Waals surface area contributed by atoms with Crippen molar-refractivity contribution in [2.75, 3.05) is 6.61 Å². The van der Waals surface area contributed by atoms with Crippen LogP contribution in [0.25, 0.3) is 0 Å². The number of Topliss-reactive ketones (excluding diaryl/α,β-unsaturated/α-hetero) is 1. The molecule has 0 N–H and O–H groups in total. The molecule has 1 aromatic rings. The fraction of sp³-hybridized carbons (Fsp3) is 0.600. The molecular formula is C20H26O4. The summed E-state index contributed by atoms with van der Waals surface area (Å²) in [5, 5.41) is 0. The fourth-order valence-electron chi connectivity index (χ4n) is 4.15. The molecule has 4 nitrogen and oxygen atoms in total. The Morgan fingerprint density at radius 1 is 1.17 bits per heavy atom. The van der Waals surface area contributed by atoms with Gasteiger partial charge < -0.3 is 9.47 Å². The molecule has 2 aliphatic rings. The molecule has 24 heavy (non-hydrogen) atoms. The number of rotatable bonds is 6. The van der Waals surface area contributed by atoms with Gasteiger partial charge in [0.1, 0.15) is 23.6 Å². The van der Waals surface area contributed by atoms with E-state index in [0.29, 0.717) is 18.9 Å². The van der Waals surface area contributed by atoms with Gasteiger partial charge in [-0.1, -0.05) is 25.0 Å². The van der Waals surface area contributed by atoms with Crippen molar-refractivity contribution < 1.29 is 19.1 Å². The Balaban J connectivity index is 1.72. The summed E-state index contributed by atoms with van der Waals surface area (Å²) in [5.74, 6) is 0.883. The van der Waals surface area contributed by atoms with Crippen LogP contribution in [-0.4, -0.2) is 24.0 Å². The molecule has 2 fully saturated rings. The number of benzene rings is 1. The van der Waals surface area contributed by atoms with Gasteiger partial charge in [-0.05, 0) is 56.2 Å². The lowest BCUT2D eigenvalue weighted by Gasteiger charge is -2.41. The van der Waals surface area contributed by atoms with Crippen LogP contribution >= 0.6 is 0 Å². The Bertz CT molecular complexity index is 568. The standard InChI is InChI=1S/C20H26O4/c1-2-23-18-9-7-15(8-10-18)11-12-20(16-5-3-4-6-16)14-17(21)13-19(22)24-20/h7-10,16H,2-6,11-14H2,1H3. The first-order chi connectivity index (χ1) is 11.6. The second kappa shape index (κ2) is 7.37. The van der Waals surface area contributed by atoms with Crippen LogP contribution in [0.1, 0.15) is 57.4 Å². The van der Waals surface area contributed by atoms with Crippen molar-refractivity contribution in [3.05, 3.63) is 29.8 Å². The predicted molar refractivity (Wildman–Crippen MR) is 91.0 cm³/mol. The number of aryl methyl sites for hydroxylation is 1. The number of carbonyl (C=O) groups excluding carboxylic acids is 2. The van der Waals surface area contributed by atoms with Crippen molar-refractivity contribution in [3.8, 4) is 5.75 Å². The van der Waals surface area contributed by atoms with Gasteiger partial charge in [0.25, 0.3) is 0 Å². The second-order valence-corrected chi connectivity index (χ2v) is 6.99. The highest BCUT2D eigenvalue weighted by atomic mass is 16.6. The summed E-state index contributed by atoms with van der Waals surface area (Å²) in [7, 11) is 0. The van der Waals surface area contributed by atoms with Crippen molar-refractivity contribution >= 4 is 11.8 Å². The van der Waals surface area contributed by atoms with Crippen LogP contribution in [0.2, 0.25) is 0 Å². The molecule has 1 aliphatic carbocycles. The molecule has 130 valence electrons. The van der Waals surface area contributed by atoms with E-state index in [1.165, 1.54) is 18.4 Å². The molecule has 1 saturated heterocycles. The SMILES string of the molecule is CCOc1ccc(CCC2(C3CCCC3)CC(=O)CC(=O)O2)cc1. The number of cyclic esters (lactones) is 1. The lowest BCUT2D eigenvalue weighted by molar-refractivity contribution is -0.178. The zero-order valence-electron chi connectivity index (χ0n) is 14.4. The second-order valence-electron chi connectivity index (χ2n) is 6.99.